The molecule has 0 aliphatic heterocycles. The molecule has 1 aromatic carbocycles. The Morgan fingerprint density at radius 3 is 2.27 bits per heavy atom. The summed E-state index contributed by atoms with van der Waals surface area (Å²) in [5.74, 6) is 0.458. The number of aliphatic hydroxyl groups is 1. The Hall–Kier alpha value is -0.950. The summed E-state index contributed by atoms with van der Waals surface area (Å²) >= 11 is 0. The summed E-state index contributed by atoms with van der Waals surface area (Å²) < 4.78 is 25.7. The minimum atomic E-state index is -3.37. The molecule has 0 bridgehead atoms. The summed E-state index contributed by atoms with van der Waals surface area (Å²) in [6.07, 6.45) is 4.31. The zero-order valence-electron chi connectivity index (χ0n) is 13.2. The minimum absolute atomic E-state index is 0.182. The molecule has 1 aromatic rings. The third kappa shape index (κ3) is 4.29. The summed E-state index contributed by atoms with van der Waals surface area (Å²) in [4.78, 5) is 0.286. The molecule has 0 spiro atoms. The third-order valence-electron chi connectivity index (χ3n) is 4.55. The van der Waals surface area contributed by atoms with Gasteiger partial charge in [-0.25, -0.2) is 13.1 Å². The molecule has 124 valence electrons. The van der Waals surface area contributed by atoms with Crippen LogP contribution in [-0.4, -0.2) is 33.2 Å². The van der Waals surface area contributed by atoms with Crippen LogP contribution in [0.15, 0.2) is 29.2 Å². The first-order valence-electron chi connectivity index (χ1n) is 7.86. The molecular formula is C16H26N2O3S. The van der Waals surface area contributed by atoms with E-state index in [1.54, 1.807) is 12.1 Å². The Labute approximate surface area is 133 Å². The van der Waals surface area contributed by atoms with Crippen molar-refractivity contribution in [2.75, 3.05) is 13.7 Å². The first-order chi connectivity index (χ1) is 10.5. The second-order valence-corrected chi connectivity index (χ2v) is 7.95. The van der Waals surface area contributed by atoms with Crippen LogP contribution in [0.4, 0.5) is 0 Å². The van der Waals surface area contributed by atoms with Crippen LogP contribution < -0.4 is 10.0 Å². The van der Waals surface area contributed by atoms with Crippen LogP contribution in [0.5, 0.6) is 0 Å². The normalized spacial score (nSPS) is 24.1. The number of rotatable bonds is 6. The van der Waals surface area contributed by atoms with Gasteiger partial charge in [-0.2, -0.15) is 0 Å². The number of sulfonamides is 1. The van der Waals surface area contributed by atoms with E-state index in [1.807, 2.05) is 12.1 Å². The van der Waals surface area contributed by atoms with Crippen LogP contribution in [0, 0.1) is 5.92 Å². The van der Waals surface area contributed by atoms with Gasteiger partial charge in [-0.3, -0.25) is 0 Å². The van der Waals surface area contributed by atoms with Gasteiger partial charge < -0.3 is 10.4 Å². The summed E-state index contributed by atoms with van der Waals surface area (Å²) in [7, 11) is -1.96. The van der Waals surface area contributed by atoms with Gasteiger partial charge in [0.15, 0.2) is 0 Å². The van der Waals surface area contributed by atoms with Crippen molar-refractivity contribution in [1.82, 2.24) is 10.0 Å². The lowest BCUT2D eigenvalue weighted by molar-refractivity contribution is 0.172. The molecule has 1 saturated carbocycles. The van der Waals surface area contributed by atoms with Crippen molar-refractivity contribution in [2.45, 2.75) is 49.6 Å². The molecule has 1 unspecified atom stereocenters. The Bertz CT molecular complexity index is 564. The molecule has 1 atom stereocenters. The lowest BCUT2D eigenvalue weighted by Crippen LogP contribution is -2.35. The van der Waals surface area contributed by atoms with E-state index < -0.39 is 10.0 Å². The van der Waals surface area contributed by atoms with Crippen molar-refractivity contribution in [3.8, 4) is 0 Å². The molecule has 2 rings (SSSR count). The predicted molar refractivity (Wildman–Crippen MR) is 87.1 cm³/mol. The van der Waals surface area contributed by atoms with Gasteiger partial charge in [0, 0.05) is 18.7 Å². The van der Waals surface area contributed by atoms with Crippen molar-refractivity contribution >= 4 is 10.0 Å². The SMILES string of the molecule is CNS(=O)(=O)c1ccc(C(C)NC2CCC(CO)CC2)cc1. The number of nitrogens with one attached hydrogen (secondary N) is 2. The second-order valence-electron chi connectivity index (χ2n) is 6.07. The van der Waals surface area contributed by atoms with Crippen molar-refractivity contribution < 1.29 is 13.5 Å². The van der Waals surface area contributed by atoms with Crippen LogP contribution in [0.3, 0.4) is 0 Å². The number of hydrogen-bond acceptors (Lipinski definition) is 4. The predicted octanol–water partition coefficient (Wildman–Crippen LogP) is 1.80. The lowest BCUT2D eigenvalue weighted by atomic mass is 9.86. The quantitative estimate of drug-likeness (QED) is 0.745. The maximum absolute atomic E-state index is 11.7. The molecule has 3 N–H and O–H groups in total. The van der Waals surface area contributed by atoms with Crippen molar-refractivity contribution in [3.63, 3.8) is 0 Å². The maximum atomic E-state index is 11.7. The number of benzene rings is 1. The van der Waals surface area contributed by atoms with Crippen molar-refractivity contribution in [3.05, 3.63) is 29.8 Å². The van der Waals surface area contributed by atoms with Gasteiger partial charge >= 0.3 is 0 Å². The minimum Gasteiger partial charge on any atom is -0.396 e. The van der Waals surface area contributed by atoms with E-state index in [9.17, 15) is 13.5 Å². The smallest absolute Gasteiger partial charge is 0.240 e. The van der Waals surface area contributed by atoms with Gasteiger partial charge in [-0.15, -0.1) is 0 Å². The van der Waals surface area contributed by atoms with E-state index in [2.05, 4.69) is 17.0 Å². The van der Waals surface area contributed by atoms with Crippen LogP contribution in [-0.2, 0) is 10.0 Å². The van der Waals surface area contributed by atoms with Gasteiger partial charge in [0.25, 0.3) is 0 Å². The van der Waals surface area contributed by atoms with Crippen molar-refractivity contribution in [1.29, 1.82) is 0 Å². The maximum Gasteiger partial charge on any atom is 0.240 e. The highest BCUT2D eigenvalue weighted by Crippen LogP contribution is 2.26. The van der Waals surface area contributed by atoms with Gasteiger partial charge in [-0.1, -0.05) is 12.1 Å². The van der Waals surface area contributed by atoms with Crippen LogP contribution in [0.1, 0.15) is 44.2 Å². The van der Waals surface area contributed by atoms with E-state index in [1.165, 1.54) is 7.05 Å². The number of aliphatic hydroxyl groups excluding tert-OH is 1. The highest BCUT2D eigenvalue weighted by molar-refractivity contribution is 7.89. The highest BCUT2D eigenvalue weighted by atomic mass is 32.2. The molecule has 0 heterocycles. The molecule has 1 fully saturated rings. The largest absolute Gasteiger partial charge is 0.396 e. The van der Waals surface area contributed by atoms with E-state index in [4.69, 9.17) is 0 Å². The lowest BCUT2D eigenvalue weighted by Gasteiger charge is -2.30. The summed E-state index contributed by atoms with van der Waals surface area (Å²) in [6, 6.07) is 7.66. The molecule has 0 aromatic heterocycles. The highest BCUT2D eigenvalue weighted by Gasteiger charge is 2.22. The molecule has 5 nitrogen and oxygen atoms in total. The standard InChI is InChI=1S/C16H26N2O3S/c1-12(18-15-7-3-13(11-19)4-8-15)14-5-9-16(10-6-14)22(20,21)17-2/h5-6,9-10,12-13,15,17-19H,3-4,7-8,11H2,1-2H3. The molecule has 0 saturated heterocycles. The Morgan fingerprint density at radius 2 is 1.77 bits per heavy atom. The second kappa shape index (κ2) is 7.55. The summed E-state index contributed by atoms with van der Waals surface area (Å²) in [5.41, 5.74) is 1.08. The van der Waals surface area contributed by atoms with Crippen LogP contribution >= 0.6 is 0 Å². The molecule has 1 aliphatic rings. The first-order valence-corrected chi connectivity index (χ1v) is 9.35. The fourth-order valence-corrected chi connectivity index (χ4v) is 3.75. The Morgan fingerprint density at radius 1 is 1.18 bits per heavy atom. The molecule has 0 radical (unpaired) electrons. The third-order valence-corrected chi connectivity index (χ3v) is 5.98. The van der Waals surface area contributed by atoms with E-state index >= 15 is 0 Å². The van der Waals surface area contributed by atoms with E-state index in [0.29, 0.717) is 18.6 Å². The fraction of sp³-hybridized carbons (Fsp3) is 0.625. The molecule has 6 heteroatoms. The zero-order valence-corrected chi connectivity index (χ0v) is 14.1. The van der Waals surface area contributed by atoms with Crippen LogP contribution in [0.2, 0.25) is 0 Å². The van der Waals surface area contributed by atoms with Crippen LogP contribution in [0.25, 0.3) is 0 Å². The van der Waals surface area contributed by atoms with Gasteiger partial charge in [0.05, 0.1) is 4.90 Å². The van der Waals surface area contributed by atoms with Gasteiger partial charge in [-0.05, 0) is 63.3 Å². The van der Waals surface area contributed by atoms with Gasteiger partial charge in [0.1, 0.15) is 0 Å². The average Bonchev–Trinajstić information content (AvgIpc) is 2.55. The molecule has 0 amide bonds. The van der Waals surface area contributed by atoms with Gasteiger partial charge in [0.2, 0.25) is 10.0 Å². The monoisotopic (exact) mass is 326 g/mol. The molecule has 1 aliphatic carbocycles. The summed E-state index contributed by atoms with van der Waals surface area (Å²) in [5, 5.41) is 12.8. The average molecular weight is 326 g/mol. The van der Waals surface area contributed by atoms with Crippen molar-refractivity contribution in [2.24, 2.45) is 5.92 Å². The Balaban J connectivity index is 1.94. The number of hydrogen-bond donors (Lipinski definition) is 3. The topological polar surface area (TPSA) is 78.4 Å². The van der Waals surface area contributed by atoms with E-state index in [0.717, 1.165) is 31.2 Å². The molecular weight excluding hydrogens is 300 g/mol. The first kappa shape index (κ1) is 17.4. The zero-order chi connectivity index (χ0) is 16.2. The Kier molecular flexibility index (Phi) is 5.97. The fourth-order valence-electron chi connectivity index (χ4n) is 3.01. The van der Waals surface area contributed by atoms with E-state index in [-0.39, 0.29) is 10.9 Å². The molecule has 22 heavy (non-hydrogen) atoms. The summed E-state index contributed by atoms with van der Waals surface area (Å²) in [6.45, 7) is 2.39.